The Morgan fingerprint density at radius 1 is 1.20 bits per heavy atom. The molecule has 4 nitrogen and oxygen atoms in total. The Bertz CT molecular complexity index is 206. The molecule has 0 aliphatic carbocycles. The molecule has 0 bridgehead atoms. The van der Waals surface area contributed by atoms with Gasteiger partial charge in [0, 0.05) is 32.2 Å². The van der Waals surface area contributed by atoms with Gasteiger partial charge in [0.25, 0.3) is 0 Å². The van der Waals surface area contributed by atoms with Crippen LogP contribution in [0.5, 0.6) is 0 Å². The van der Waals surface area contributed by atoms with Crippen molar-refractivity contribution in [3.63, 3.8) is 0 Å². The van der Waals surface area contributed by atoms with E-state index in [1.165, 1.54) is 0 Å². The third-order valence-electron chi connectivity index (χ3n) is 1.87. The molecule has 2 rings (SSSR count). The molecular formula is C11H23N3O. The van der Waals surface area contributed by atoms with Crippen LogP contribution in [0.2, 0.25) is 0 Å². The monoisotopic (exact) mass is 213 g/mol. The minimum atomic E-state index is 0.950. The van der Waals surface area contributed by atoms with Crippen LogP contribution in [-0.2, 0) is 0 Å². The van der Waals surface area contributed by atoms with E-state index in [9.17, 15) is 0 Å². The van der Waals surface area contributed by atoms with Crippen LogP contribution in [0.3, 0.4) is 0 Å². The highest BCUT2D eigenvalue weighted by Crippen LogP contribution is 2.09. The average Bonchev–Trinajstić information content (AvgIpc) is 2.89. The second-order valence-corrected chi connectivity index (χ2v) is 2.59. The minimum absolute atomic E-state index is 0.950. The summed E-state index contributed by atoms with van der Waals surface area (Å²) in [6, 6.07) is 1.89. The van der Waals surface area contributed by atoms with Crippen LogP contribution in [0.25, 0.3) is 0 Å². The molecule has 1 aromatic heterocycles. The molecule has 0 spiro atoms. The van der Waals surface area contributed by atoms with Crippen LogP contribution in [0.1, 0.15) is 27.7 Å². The highest BCUT2D eigenvalue weighted by molar-refractivity contribution is 5.36. The second kappa shape index (κ2) is 9.52. The summed E-state index contributed by atoms with van der Waals surface area (Å²) in [5, 5.41) is 7.14. The standard InChI is InChI=1S/C7H11N3O.2C2H6/c1-6-11-9-7(1)10-4-2-8-3-5-10;2*1-2/h1,6,8H,2-5H2;2*1-2H3. The molecule has 0 unspecified atom stereocenters. The summed E-state index contributed by atoms with van der Waals surface area (Å²) in [5.74, 6) is 0.950. The molecule has 1 aliphatic rings. The Labute approximate surface area is 92.6 Å². The first-order valence-electron chi connectivity index (χ1n) is 5.83. The zero-order valence-electron chi connectivity index (χ0n) is 10.3. The molecule has 15 heavy (non-hydrogen) atoms. The summed E-state index contributed by atoms with van der Waals surface area (Å²) < 4.78 is 4.76. The van der Waals surface area contributed by atoms with E-state index in [0.29, 0.717) is 0 Å². The Morgan fingerprint density at radius 3 is 2.27 bits per heavy atom. The van der Waals surface area contributed by atoms with Gasteiger partial charge in [-0.15, -0.1) is 0 Å². The van der Waals surface area contributed by atoms with Crippen molar-refractivity contribution in [1.29, 1.82) is 0 Å². The molecule has 0 aromatic carbocycles. The predicted octanol–water partition coefficient (Wildman–Crippen LogP) is 2.14. The van der Waals surface area contributed by atoms with Gasteiger partial charge in [0.1, 0.15) is 6.26 Å². The predicted molar refractivity (Wildman–Crippen MR) is 64.3 cm³/mol. The van der Waals surface area contributed by atoms with Gasteiger partial charge in [-0.2, -0.15) is 0 Å². The molecule has 0 radical (unpaired) electrons. The molecular weight excluding hydrogens is 190 g/mol. The first-order chi connectivity index (χ1) is 7.47. The fourth-order valence-corrected chi connectivity index (χ4v) is 1.26. The van der Waals surface area contributed by atoms with Crippen molar-refractivity contribution in [2.45, 2.75) is 27.7 Å². The first-order valence-corrected chi connectivity index (χ1v) is 5.83. The van der Waals surface area contributed by atoms with Gasteiger partial charge >= 0.3 is 0 Å². The smallest absolute Gasteiger partial charge is 0.172 e. The molecule has 1 aromatic rings. The van der Waals surface area contributed by atoms with Crippen molar-refractivity contribution in [3.05, 3.63) is 12.3 Å². The van der Waals surface area contributed by atoms with Crippen LogP contribution in [0, 0.1) is 0 Å². The van der Waals surface area contributed by atoms with Crippen LogP contribution in [-0.4, -0.2) is 31.3 Å². The van der Waals surface area contributed by atoms with E-state index in [-0.39, 0.29) is 0 Å². The van der Waals surface area contributed by atoms with Crippen molar-refractivity contribution in [3.8, 4) is 0 Å². The molecule has 0 atom stereocenters. The van der Waals surface area contributed by atoms with Gasteiger partial charge in [0.2, 0.25) is 0 Å². The molecule has 0 amide bonds. The number of nitrogens with zero attached hydrogens (tertiary/aromatic N) is 2. The van der Waals surface area contributed by atoms with Gasteiger partial charge in [0.05, 0.1) is 0 Å². The fourth-order valence-electron chi connectivity index (χ4n) is 1.26. The third-order valence-corrected chi connectivity index (χ3v) is 1.87. The van der Waals surface area contributed by atoms with E-state index in [1.54, 1.807) is 6.26 Å². The lowest BCUT2D eigenvalue weighted by Crippen LogP contribution is -2.43. The highest BCUT2D eigenvalue weighted by Gasteiger charge is 2.11. The average molecular weight is 213 g/mol. The minimum Gasteiger partial charge on any atom is -0.363 e. The van der Waals surface area contributed by atoms with Crippen molar-refractivity contribution in [2.24, 2.45) is 0 Å². The maximum Gasteiger partial charge on any atom is 0.172 e. The molecule has 4 heteroatoms. The lowest BCUT2D eigenvalue weighted by molar-refractivity contribution is 0.417. The zero-order chi connectivity index (χ0) is 11.5. The lowest BCUT2D eigenvalue weighted by Gasteiger charge is -2.26. The van der Waals surface area contributed by atoms with Gasteiger partial charge in [0.15, 0.2) is 5.82 Å². The maximum absolute atomic E-state index is 4.76. The van der Waals surface area contributed by atoms with E-state index in [4.69, 9.17) is 4.52 Å². The summed E-state index contributed by atoms with van der Waals surface area (Å²) in [6.07, 6.45) is 1.61. The quantitative estimate of drug-likeness (QED) is 0.776. The number of rotatable bonds is 1. The first kappa shape index (κ1) is 14.0. The van der Waals surface area contributed by atoms with Crippen molar-refractivity contribution in [2.75, 3.05) is 31.1 Å². The van der Waals surface area contributed by atoms with Gasteiger partial charge in [-0.3, -0.25) is 0 Å². The summed E-state index contributed by atoms with van der Waals surface area (Å²) in [7, 11) is 0. The number of aromatic nitrogens is 1. The molecule has 1 fully saturated rings. The summed E-state index contributed by atoms with van der Waals surface area (Å²) in [6.45, 7) is 12.1. The largest absolute Gasteiger partial charge is 0.363 e. The Hall–Kier alpha value is -1.03. The van der Waals surface area contributed by atoms with Crippen LogP contribution < -0.4 is 10.2 Å². The number of hydrogen-bond acceptors (Lipinski definition) is 4. The van der Waals surface area contributed by atoms with E-state index < -0.39 is 0 Å². The maximum atomic E-state index is 4.76. The molecule has 0 saturated carbocycles. The SMILES string of the molecule is CC.CC.c1cc(N2CCNCC2)no1. The summed E-state index contributed by atoms with van der Waals surface area (Å²) in [4.78, 5) is 2.21. The van der Waals surface area contributed by atoms with Crippen molar-refractivity contribution < 1.29 is 4.52 Å². The van der Waals surface area contributed by atoms with Gasteiger partial charge in [-0.1, -0.05) is 32.9 Å². The third kappa shape index (κ3) is 4.83. The van der Waals surface area contributed by atoms with Crippen molar-refractivity contribution >= 4 is 5.82 Å². The topological polar surface area (TPSA) is 41.3 Å². The Morgan fingerprint density at radius 2 is 1.80 bits per heavy atom. The number of anilines is 1. The number of piperazine rings is 1. The Kier molecular flexibility index (Phi) is 8.87. The van der Waals surface area contributed by atoms with Crippen LogP contribution in [0.15, 0.2) is 16.9 Å². The number of nitrogens with one attached hydrogen (secondary N) is 1. The van der Waals surface area contributed by atoms with Crippen molar-refractivity contribution in [1.82, 2.24) is 10.5 Å². The number of hydrogen-bond donors (Lipinski definition) is 1. The zero-order valence-corrected chi connectivity index (χ0v) is 10.3. The molecule has 2 heterocycles. The second-order valence-electron chi connectivity index (χ2n) is 2.59. The molecule has 1 aliphatic heterocycles. The normalized spacial score (nSPS) is 14.5. The van der Waals surface area contributed by atoms with E-state index in [0.717, 1.165) is 32.0 Å². The molecule has 1 saturated heterocycles. The van der Waals surface area contributed by atoms with Gasteiger partial charge < -0.3 is 14.7 Å². The van der Waals surface area contributed by atoms with Gasteiger partial charge in [-0.25, -0.2) is 0 Å². The van der Waals surface area contributed by atoms with E-state index >= 15 is 0 Å². The highest BCUT2D eigenvalue weighted by atomic mass is 16.5. The Balaban J connectivity index is 0.000000442. The summed E-state index contributed by atoms with van der Waals surface area (Å²) in [5.41, 5.74) is 0. The van der Waals surface area contributed by atoms with Crippen LogP contribution in [0.4, 0.5) is 5.82 Å². The lowest BCUT2D eigenvalue weighted by atomic mass is 10.3. The molecule has 88 valence electrons. The van der Waals surface area contributed by atoms with Gasteiger partial charge in [-0.05, 0) is 0 Å². The fraction of sp³-hybridized carbons (Fsp3) is 0.727. The van der Waals surface area contributed by atoms with E-state index in [1.807, 2.05) is 33.8 Å². The summed E-state index contributed by atoms with van der Waals surface area (Å²) >= 11 is 0. The van der Waals surface area contributed by atoms with E-state index in [2.05, 4.69) is 15.4 Å². The molecule has 1 N–H and O–H groups in total. The van der Waals surface area contributed by atoms with Crippen LogP contribution >= 0.6 is 0 Å².